The van der Waals surface area contributed by atoms with Gasteiger partial charge in [0.05, 0.1) is 24.4 Å². The van der Waals surface area contributed by atoms with Crippen molar-refractivity contribution < 1.29 is 29.0 Å². The molecule has 0 spiro atoms. The van der Waals surface area contributed by atoms with Crippen molar-refractivity contribution in [2.75, 3.05) is 14.2 Å². The quantitative estimate of drug-likeness (QED) is 0.698. The number of rotatable bonds is 4. The van der Waals surface area contributed by atoms with E-state index in [1.807, 2.05) is 0 Å². The predicted octanol–water partition coefficient (Wildman–Crippen LogP) is 0.0178. The van der Waals surface area contributed by atoms with Crippen LogP contribution in [0.1, 0.15) is 45.1 Å². The van der Waals surface area contributed by atoms with Crippen LogP contribution >= 0.6 is 0 Å². The largest absolute Gasteiger partial charge is 0.492 e. The first-order chi connectivity index (χ1) is 11.8. The summed E-state index contributed by atoms with van der Waals surface area (Å²) in [6, 6.07) is -0.330. The molecule has 3 rings (SSSR count). The van der Waals surface area contributed by atoms with Crippen LogP contribution in [-0.4, -0.2) is 47.5 Å². The average Bonchev–Trinajstić information content (AvgIpc) is 3.06. The van der Waals surface area contributed by atoms with Gasteiger partial charge < -0.3 is 30.2 Å². The third-order valence-electron chi connectivity index (χ3n) is 4.71. The standard InChI is InChI=1S/C16H19N3O6/c1-6-12(20)11-9(14(22)15(6)24-3)7(5-25-16(17)23)10-13(21)8(18-2)4-19(10)11/h8,13,18,21H,4-5H2,1-3H3,(H2,17,23)/t8-,13+/m1/s1. The molecule has 4 N–H and O–H groups in total. The number of aliphatic hydroxyl groups is 1. The molecule has 2 aliphatic rings. The number of hydrogen-bond donors (Lipinski definition) is 3. The van der Waals surface area contributed by atoms with Crippen LogP contribution in [0.5, 0.6) is 0 Å². The topological polar surface area (TPSA) is 133 Å². The SMILES string of the molecule is CN[C@@H]1Cn2c3c(c(COC(N)=O)c2[C@H]1O)C(=O)C(OC)=C(C)C3=O. The summed E-state index contributed by atoms with van der Waals surface area (Å²) in [5.41, 5.74) is 6.15. The Morgan fingerprint density at radius 1 is 1.40 bits per heavy atom. The molecular weight excluding hydrogens is 330 g/mol. The second-order valence-electron chi connectivity index (χ2n) is 5.96. The highest BCUT2D eigenvalue weighted by atomic mass is 16.5. The number of ether oxygens (including phenoxy) is 2. The van der Waals surface area contributed by atoms with E-state index in [2.05, 4.69) is 5.32 Å². The Labute approximate surface area is 143 Å². The third-order valence-corrected chi connectivity index (χ3v) is 4.71. The summed E-state index contributed by atoms with van der Waals surface area (Å²) in [5, 5.41) is 13.5. The number of amides is 1. The van der Waals surface area contributed by atoms with Gasteiger partial charge in [-0.1, -0.05) is 0 Å². The van der Waals surface area contributed by atoms with Crippen molar-refractivity contribution in [2.45, 2.75) is 32.2 Å². The molecule has 1 aromatic heterocycles. The van der Waals surface area contributed by atoms with Gasteiger partial charge in [0.2, 0.25) is 11.6 Å². The molecule has 9 heteroatoms. The van der Waals surface area contributed by atoms with Gasteiger partial charge in [-0.05, 0) is 14.0 Å². The maximum atomic E-state index is 12.8. The lowest BCUT2D eigenvalue weighted by atomic mass is 9.90. The molecule has 0 unspecified atom stereocenters. The zero-order valence-corrected chi connectivity index (χ0v) is 14.1. The first-order valence-electron chi connectivity index (χ1n) is 7.70. The van der Waals surface area contributed by atoms with Crippen LogP contribution in [0.3, 0.4) is 0 Å². The van der Waals surface area contributed by atoms with Crippen molar-refractivity contribution in [3.8, 4) is 0 Å². The summed E-state index contributed by atoms with van der Waals surface area (Å²) < 4.78 is 11.5. The molecule has 2 heterocycles. The monoisotopic (exact) mass is 349 g/mol. The Morgan fingerprint density at radius 2 is 2.08 bits per heavy atom. The number of aliphatic hydroxyl groups excluding tert-OH is 1. The number of ketones is 2. The second kappa shape index (κ2) is 6.01. The van der Waals surface area contributed by atoms with Gasteiger partial charge >= 0.3 is 6.09 Å². The third kappa shape index (κ3) is 2.35. The summed E-state index contributed by atoms with van der Waals surface area (Å²) in [6.45, 7) is 1.51. The number of allylic oxidation sites excluding steroid dienone is 2. The molecule has 25 heavy (non-hydrogen) atoms. The van der Waals surface area contributed by atoms with E-state index in [0.717, 1.165) is 0 Å². The first kappa shape index (κ1) is 17.2. The van der Waals surface area contributed by atoms with E-state index in [9.17, 15) is 19.5 Å². The Kier molecular flexibility index (Phi) is 4.13. The van der Waals surface area contributed by atoms with Crippen molar-refractivity contribution >= 4 is 17.7 Å². The number of carbonyl (C=O) groups is 3. The summed E-state index contributed by atoms with van der Waals surface area (Å²) in [7, 11) is 3.00. The van der Waals surface area contributed by atoms with Gasteiger partial charge in [-0.3, -0.25) is 9.59 Å². The molecule has 0 bridgehead atoms. The zero-order chi connectivity index (χ0) is 18.5. The fourth-order valence-corrected chi connectivity index (χ4v) is 3.53. The number of methoxy groups -OCH3 is 1. The van der Waals surface area contributed by atoms with Crippen molar-refractivity contribution in [1.29, 1.82) is 0 Å². The van der Waals surface area contributed by atoms with E-state index in [0.29, 0.717) is 12.2 Å². The molecule has 0 saturated heterocycles. The van der Waals surface area contributed by atoms with Crippen LogP contribution in [0.4, 0.5) is 4.79 Å². The lowest BCUT2D eigenvalue weighted by molar-refractivity contribution is 0.0897. The fraction of sp³-hybridized carbons (Fsp3) is 0.438. The lowest BCUT2D eigenvalue weighted by Gasteiger charge is -2.19. The van der Waals surface area contributed by atoms with Gasteiger partial charge in [-0.25, -0.2) is 4.79 Å². The smallest absolute Gasteiger partial charge is 0.404 e. The van der Waals surface area contributed by atoms with Crippen LogP contribution in [-0.2, 0) is 22.6 Å². The van der Waals surface area contributed by atoms with Crippen LogP contribution in [0.15, 0.2) is 11.3 Å². The Morgan fingerprint density at radius 3 is 2.64 bits per heavy atom. The maximum absolute atomic E-state index is 12.8. The molecule has 0 radical (unpaired) electrons. The van der Waals surface area contributed by atoms with E-state index in [1.54, 1.807) is 11.6 Å². The van der Waals surface area contributed by atoms with Gasteiger partial charge in [0.25, 0.3) is 0 Å². The van der Waals surface area contributed by atoms with Crippen molar-refractivity contribution in [1.82, 2.24) is 9.88 Å². The number of aromatic nitrogens is 1. The molecule has 1 aliphatic carbocycles. The Bertz CT molecular complexity index is 822. The lowest BCUT2D eigenvalue weighted by Crippen LogP contribution is -2.32. The van der Waals surface area contributed by atoms with Crippen molar-refractivity contribution in [3.63, 3.8) is 0 Å². The van der Waals surface area contributed by atoms with Gasteiger partial charge in [-0.2, -0.15) is 0 Å². The second-order valence-corrected chi connectivity index (χ2v) is 5.96. The van der Waals surface area contributed by atoms with Crippen LogP contribution in [0, 0.1) is 0 Å². The van der Waals surface area contributed by atoms with Crippen LogP contribution in [0.25, 0.3) is 0 Å². The Balaban J connectivity index is 2.23. The minimum atomic E-state index is -1.01. The van der Waals surface area contributed by atoms with Gasteiger partial charge in [0.1, 0.15) is 18.4 Å². The van der Waals surface area contributed by atoms with Crippen molar-refractivity contribution in [2.24, 2.45) is 5.73 Å². The summed E-state index contributed by atoms with van der Waals surface area (Å²) in [4.78, 5) is 36.6. The molecule has 1 aromatic rings. The molecule has 0 saturated carbocycles. The first-order valence-corrected chi connectivity index (χ1v) is 7.70. The molecule has 0 fully saturated rings. The summed E-state index contributed by atoms with van der Waals surface area (Å²) in [6.07, 6.45) is -1.98. The minimum absolute atomic E-state index is 0.0539. The number of Topliss-reactive ketones (excluding diaryl/α,β-unsaturated/α-hetero) is 2. The molecule has 1 amide bonds. The number of nitrogens with zero attached hydrogens (tertiary/aromatic N) is 1. The Hall–Kier alpha value is -2.65. The predicted molar refractivity (Wildman–Crippen MR) is 85.0 cm³/mol. The summed E-state index contributed by atoms with van der Waals surface area (Å²) in [5.74, 6) is -0.892. The van der Waals surface area contributed by atoms with E-state index in [1.165, 1.54) is 14.0 Å². The number of primary amides is 1. The molecule has 134 valence electrons. The number of carbonyl (C=O) groups excluding carboxylic acids is 3. The number of fused-ring (bicyclic) bond motifs is 3. The number of nitrogens with one attached hydrogen (secondary N) is 1. The molecular formula is C16H19N3O6. The van der Waals surface area contributed by atoms with Crippen LogP contribution < -0.4 is 11.1 Å². The van der Waals surface area contributed by atoms with E-state index in [4.69, 9.17) is 15.2 Å². The van der Waals surface area contributed by atoms with E-state index in [-0.39, 0.29) is 46.6 Å². The molecule has 0 aromatic carbocycles. The number of likely N-dealkylation sites (N-methyl/N-ethyl adjacent to an activating group) is 1. The highest BCUT2D eigenvalue weighted by molar-refractivity contribution is 6.26. The van der Waals surface area contributed by atoms with Crippen LogP contribution in [0.2, 0.25) is 0 Å². The highest BCUT2D eigenvalue weighted by Crippen LogP contribution is 2.40. The van der Waals surface area contributed by atoms with E-state index >= 15 is 0 Å². The van der Waals surface area contributed by atoms with Gasteiger partial charge in [-0.15, -0.1) is 0 Å². The number of hydrogen-bond acceptors (Lipinski definition) is 7. The fourth-order valence-electron chi connectivity index (χ4n) is 3.53. The van der Waals surface area contributed by atoms with E-state index < -0.39 is 18.0 Å². The maximum Gasteiger partial charge on any atom is 0.404 e. The van der Waals surface area contributed by atoms with Gasteiger partial charge in [0, 0.05) is 17.7 Å². The zero-order valence-electron chi connectivity index (χ0n) is 14.1. The minimum Gasteiger partial charge on any atom is -0.492 e. The summed E-state index contributed by atoms with van der Waals surface area (Å²) >= 11 is 0. The molecule has 1 aliphatic heterocycles. The average molecular weight is 349 g/mol. The molecule has 2 atom stereocenters. The normalized spacial score (nSPS) is 22.1. The number of nitrogens with two attached hydrogens (primary N) is 1. The highest BCUT2D eigenvalue weighted by Gasteiger charge is 2.44. The van der Waals surface area contributed by atoms with Gasteiger partial charge in [0.15, 0.2) is 5.76 Å². The van der Waals surface area contributed by atoms with Crippen molar-refractivity contribution in [3.05, 3.63) is 33.8 Å². The molecule has 9 nitrogen and oxygen atoms in total.